The van der Waals surface area contributed by atoms with Crippen molar-refractivity contribution in [3.05, 3.63) is 45.5 Å². The Morgan fingerprint density at radius 1 is 1.15 bits per heavy atom. The van der Waals surface area contributed by atoms with Crippen LogP contribution in [0.3, 0.4) is 0 Å². The number of hydrogen-bond acceptors (Lipinski definition) is 5. The van der Waals surface area contributed by atoms with Crippen LogP contribution in [0.5, 0.6) is 11.5 Å². The van der Waals surface area contributed by atoms with Crippen molar-refractivity contribution in [1.82, 2.24) is 9.97 Å². The largest absolute Gasteiger partial charge is 0.493 e. The van der Waals surface area contributed by atoms with E-state index in [1.165, 1.54) is 13.2 Å². The molecule has 0 aliphatic rings. The van der Waals surface area contributed by atoms with Crippen LogP contribution in [-0.4, -0.2) is 28.1 Å². The number of benzene rings is 2. The van der Waals surface area contributed by atoms with Gasteiger partial charge >= 0.3 is 5.69 Å². The average Bonchev–Trinajstić information content (AvgIpc) is 2.97. The number of hydrogen-bond donors (Lipinski definition) is 1. The molecule has 0 saturated heterocycles. The van der Waals surface area contributed by atoms with Crippen molar-refractivity contribution in [2.75, 3.05) is 7.11 Å². The summed E-state index contributed by atoms with van der Waals surface area (Å²) in [5.41, 5.74) is 4.40. The summed E-state index contributed by atoms with van der Waals surface area (Å²) < 4.78 is 11.0. The van der Waals surface area contributed by atoms with Gasteiger partial charge in [0.15, 0.2) is 5.75 Å². The Bertz CT molecular complexity index is 953. The number of nitro benzene ring substituents is 1. The number of fused-ring (bicyclic) bond motifs is 1. The van der Waals surface area contributed by atoms with Gasteiger partial charge in [-0.25, -0.2) is 4.98 Å². The summed E-state index contributed by atoms with van der Waals surface area (Å²) in [6.45, 7) is 7.66. The second kappa shape index (κ2) is 6.67. The number of aryl methyl sites for hydroxylation is 2. The second-order valence-corrected chi connectivity index (χ2v) is 6.49. The molecule has 136 valence electrons. The molecule has 0 amide bonds. The lowest BCUT2D eigenvalue weighted by molar-refractivity contribution is -0.386. The van der Waals surface area contributed by atoms with Crippen molar-refractivity contribution in [2.24, 2.45) is 0 Å². The number of H-pyrrole nitrogens is 1. The van der Waals surface area contributed by atoms with E-state index < -0.39 is 4.92 Å². The van der Waals surface area contributed by atoms with Gasteiger partial charge in [0, 0.05) is 11.6 Å². The third-order valence-corrected chi connectivity index (χ3v) is 4.18. The van der Waals surface area contributed by atoms with Crippen LogP contribution in [0.15, 0.2) is 24.3 Å². The van der Waals surface area contributed by atoms with Crippen LogP contribution in [0.25, 0.3) is 22.4 Å². The number of nitrogens with one attached hydrogen (secondary N) is 1. The first-order valence-electron chi connectivity index (χ1n) is 8.30. The summed E-state index contributed by atoms with van der Waals surface area (Å²) >= 11 is 0. The molecule has 0 aliphatic carbocycles. The number of ether oxygens (including phenoxy) is 2. The normalized spacial score (nSPS) is 11.2. The molecule has 3 rings (SSSR count). The van der Waals surface area contributed by atoms with Crippen LogP contribution in [0.2, 0.25) is 0 Å². The highest BCUT2D eigenvalue weighted by atomic mass is 16.6. The summed E-state index contributed by atoms with van der Waals surface area (Å²) in [6, 6.07) is 7.16. The molecule has 0 fully saturated rings. The Morgan fingerprint density at radius 3 is 2.46 bits per heavy atom. The summed E-state index contributed by atoms with van der Waals surface area (Å²) in [6.07, 6.45) is -0.217. The van der Waals surface area contributed by atoms with Crippen molar-refractivity contribution >= 4 is 16.7 Å². The fourth-order valence-electron chi connectivity index (χ4n) is 2.77. The van der Waals surface area contributed by atoms with Crippen LogP contribution >= 0.6 is 0 Å². The fourth-order valence-corrected chi connectivity index (χ4v) is 2.77. The van der Waals surface area contributed by atoms with E-state index >= 15 is 0 Å². The van der Waals surface area contributed by atoms with Gasteiger partial charge in [0.25, 0.3) is 0 Å². The average molecular weight is 355 g/mol. The van der Waals surface area contributed by atoms with Crippen molar-refractivity contribution < 1.29 is 14.4 Å². The lowest BCUT2D eigenvalue weighted by atomic mass is 10.1. The van der Waals surface area contributed by atoms with Crippen LogP contribution < -0.4 is 9.47 Å². The predicted molar refractivity (Wildman–Crippen MR) is 100.0 cm³/mol. The molecule has 0 aliphatic heterocycles. The first-order valence-corrected chi connectivity index (χ1v) is 8.30. The zero-order valence-corrected chi connectivity index (χ0v) is 15.4. The molecule has 7 nitrogen and oxygen atoms in total. The quantitative estimate of drug-likeness (QED) is 0.535. The molecule has 2 aromatic carbocycles. The third-order valence-electron chi connectivity index (χ3n) is 4.18. The van der Waals surface area contributed by atoms with Crippen LogP contribution in [0.4, 0.5) is 5.69 Å². The number of methoxy groups -OCH3 is 1. The molecule has 7 heteroatoms. The Kier molecular flexibility index (Phi) is 4.54. The standard InChI is InChI=1S/C19H21N3O4/c1-10(2)26-18-16(22(23)24)8-13(9-17(18)25-5)19-20-14-6-11(3)12(4)7-15(14)21-19/h6-10H,1-5H3,(H,20,21). The molecule has 0 atom stereocenters. The summed E-state index contributed by atoms with van der Waals surface area (Å²) in [4.78, 5) is 18.9. The SMILES string of the molecule is COc1cc(-c2nc3cc(C)c(C)cc3[nH]2)cc([N+](=O)[O-])c1OC(C)C. The molecule has 1 aromatic heterocycles. The molecular formula is C19H21N3O4. The zero-order chi connectivity index (χ0) is 19.0. The van der Waals surface area contributed by atoms with Gasteiger partial charge in [0.1, 0.15) is 5.82 Å². The van der Waals surface area contributed by atoms with E-state index in [0.29, 0.717) is 17.1 Å². The number of nitro groups is 1. The first kappa shape index (κ1) is 17.7. The molecule has 3 aromatic rings. The maximum atomic E-state index is 11.6. The molecule has 0 radical (unpaired) electrons. The van der Waals surface area contributed by atoms with Crippen molar-refractivity contribution in [3.63, 3.8) is 0 Å². The molecule has 1 heterocycles. The highest BCUT2D eigenvalue weighted by molar-refractivity contribution is 5.82. The topological polar surface area (TPSA) is 90.3 Å². The van der Waals surface area contributed by atoms with Crippen molar-refractivity contribution in [3.8, 4) is 22.9 Å². The van der Waals surface area contributed by atoms with Crippen LogP contribution in [0, 0.1) is 24.0 Å². The molecule has 26 heavy (non-hydrogen) atoms. The van der Waals surface area contributed by atoms with Gasteiger partial charge in [-0.15, -0.1) is 0 Å². The predicted octanol–water partition coefficient (Wildman–Crippen LogP) is 4.55. The van der Waals surface area contributed by atoms with Crippen LogP contribution in [-0.2, 0) is 0 Å². The molecule has 1 N–H and O–H groups in total. The van der Waals surface area contributed by atoms with Gasteiger partial charge in [-0.05, 0) is 57.0 Å². The summed E-state index contributed by atoms with van der Waals surface area (Å²) in [5, 5.41) is 11.6. The Balaban J connectivity index is 2.19. The van der Waals surface area contributed by atoms with Gasteiger partial charge in [0.2, 0.25) is 5.75 Å². The van der Waals surface area contributed by atoms with E-state index in [1.54, 1.807) is 19.9 Å². The number of aromatic amines is 1. The van der Waals surface area contributed by atoms with Gasteiger partial charge in [-0.3, -0.25) is 10.1 Å². The maximum absolute atomic E-state index is 11.6. The molecule has 0 spiro atoms. The highest BCUT2D eigenvalue weighted by Gasteiger charge is 2.24. The van der Waals surface area contributed by atoms with Crippen molar-refractivity contribution in [1.29, 1.82) is 0 Å². The van der Waals surface area contributed by atoms with Gasteiger partial charge in [-0.1, -0.05) is 0 Å². The van der Waals surface area contributed by atoms with E-state index in [0.717, 1.165) is 22.2 Å². The molecule has 0 unspecified atom stereocenters. The fraction of sp³-hybridized carbons (Fsp3) is 0.316. The second-order valence-electron chi connectivity index (χ2n) is 6.49. The first-order chi connectivity index (χ1) is 12.3. The molecule has 0 bridgehead atoms. The van der Waals surface area contributed by atoms with Gasteiger partial charge < -0.3 is 14.5 Å². The maximum Gasteiger partial charge on any atom is 0.315 e. The Hall–Kier alpha value is -3.09. The monoisotopic (exact) mass is 355 g/mol. The zero-order valence-electron chi connectivity index (χ0n) is 15.4. The van der Waals surface area contributed by atoms with Gasteiger partial charge in [-0.2, -0.15) is 0 Å². The van der Waals surface area contributed by atoms with E-state index in [9.17, 15) is 10.1 Å². The summed E-state index contributed by atoms with van der Waals surface area (Å²) in [7, 11) is 1.46. The minimum absolute atomic E-state index is 0.124. The van der Waals surface area contributed by atoms with Crippen molar-refractivity contribution in [2.45, 2.75) is 33.8 Å². The minimum atomic E-state index is -0.472. The number of rotatable bonds is 5. The molecule has 0 saturated carbocycles. The van der Waals surface area contributed by atoms with Gasteiger partial charge in [0.05, 0.1) is 29.2 Å². The van der Waals surface area contributed by atoms with E-state index in [-0.39, 0.29) is 17.5 Å². The lowest BCUT2D eigenvalue weighted by Crippen LogP contribution is -2.09. The molecular weight excluding hydrogens is 334 g/mol. The lowest BCUT2D eigenvalue weighted by Gasteiger charge is -2.14. The number of aromatic nitrogens is 2. The number of nitrogens with zero attached hydrogens (tertiary/aromatic N) is 2. The smallest absolute Gasteiger partial charge is 0.315 e. The third kappa shape index (κ3) is 3.20. The van der Waals surface area contributed by atoms with E-state index in [2.05, 4.69) is 9.97 Å². The summed E-state index contributed by atoms with van der Waals surface area (Å²) in [5.74, 6) is 0.970. The van der Waals surface area contributed by atoms with E-state index in [4.69, 9.17) is 9.47 Å². The highest BCUT2D eigenvalue weighted by Crippen LogP contribution is 2.41. The van der Waals surface area contributed by atoms with Crippen LogP contribution in [0.1, 0.15) is 25.0 Å². The Labute approximate surface area is 151 Å². The Morgan fingerprint density at radius 2 is 1.85 bits per heavy atom. The van der Waals surface area contributed by atoms with E-state index in [1.807, 2.05) is 26.0 Å². The minimum Gasteiger partial charge on any atom is -0.493 e. The number of imidazole rings is 1.